The maximum Gasteiger partial charge on any atom is 0.345 e. The smallest absolute Gasteiger partial charge is 0.309 e. The van der Waals surface area contributed by atoms with E-state index in [0.29, 0.717) is 31.7 Å². The van der Waals surface area contributed by atoms with Gasteiger partial charge < -0.3 is 4.90 Å². The predicted molar refractivity (Wildman–Crippen MR) is 97.9 cm³/mol. The zero-order chi connectivity index (χ0) is 18.8. The maximum atomic E-state index is 12.8. The lowest BCUT2D eigenvalue weighted by Crippen LogP contribution is -2.53. The molecule has 8 nitrogen and oxygen atoms in total. The molecule has 2 aliphatic rings. The van der Waals surface area contributed by atoms with Gasteiger partial charge in [0.25, 0.3) is 5.91 Å². The fraction of sp³-hybridized carbons (Fsp3) is 0.316. The van der Waals surface area contributed by atoms with Crippen molar-refractivity contribution in [2.75, 3.05) is 11.6 Å². The van der Waals surface area contributed by atoms with Gasteiger partial charge in [-0.25, -0.2) is 15.6 Å². The monoisotopic (exact) mass is 367 g/mol. The number of nitrogens with zero attached hydrogens (tertiary/aromatic N) is 4. The second kappa shape index (κ2) is 7.34. The summed E-state index contributed by atoms with van der Waals surface area (Å²) in [5.41, 5.74) is 1.48. The van der Waals surface area contributed by atoms with Gasteiger partial charge in [0.1, 0.15) is 12.6 Å². The number of pyridine rings is 1. The number of amides is 3. The molecule has 2 aromatic rings. The molecule has 2 saturated heterocycles. The molecule has 2 fully saturated rings. The van der Waals surface area contributed by atoms with Crippen molar-refractivity contribution in [2.24, 2.45) is 5.84 Å². The fourth-order valence-electron chi connectivity index (χ4n) is 3.56. The molecule has 3 amide bonds. The van der Waals surface area contributed by atoms with E-state index in [1.807, 2.05) is 30.3 Å². The molecule has 0 unspecified atom stereocenters. The topological polar surface area (TPSA) is 92.0 Å². The van der Waals surface area contributed by atoms with Gasteiger partial charge >= 0.3 is 6.03 Å². The Morgan fingerprint density at radius 1 is 1.22 bits per heavy atom. The molecule has 2 bridgehead atoms. The number of piperidine rings is 1. The van der Waals surface area contributed by atoms with Crippen LogP contribution in [0.2, 0.25) is 0 Å². The summed E-state index contributed by atoms with van der Waals surface area (Å²) in [6, 6.07) is 12.2. The minimum Gasteiger partial charge on any atom is -0.309 e. The number of benzene rings is 1. The van der Waals surface area contributed by atoms with Crippen molar-refractivity contribution in [1.29, 1.82) is 0 Å². The minimum absolute atomic E-state index is 0.0464. The number of carbonyl (C=O) groups is 2. The van der Waals surface area contributed by atoms with E-state index in [1.165, 1.54) is 11.3 Å². The summed E-state index contributed by atoms with van der Waals surface area (Å²) >= 11 is 0. The zero-order valence-corrected chi connectivity index (χ0v) is 14.8. The van der Waals surface area contributed by atoms with Crippen LogP contribution in [0.4, 0.5) is 10.5 Å². The van der Waals surface area contributed by atoms with Gasteiger partial charge in [-0.15, -0.1) is 0 Å². The molecule has 0 saturated carbocycles. The number of hydroxylamine groups is 2. The number of hydrogen-bond acceptors (Lipinski definition) is 5. The van der Waals surface area contributed by atoms with Gasteiger partial charge in [0.15, 0.2) is 0 Å². The highest BCUT2D eigenvalue weighted by Gasteiger charge is 2.48. The van der Waals surface area contributed by atoms with E-state index in [1.54, 1.807) is 23.2 Å². The number of aromatic nitrogens is 1. The van der Waals surface area contributed by atoms with Crippen LogP contribution in [0.15, 0.2) is 54.9 Å². The van der Waals surface area contributed by atoms with E-state index in [0.717, 1.165) is 10.6 Å². The number of nitrogens with two attached hydrogens (primary N) is 1. The predicted octanol–water partition coefficient (Wildman–Crippen LogP) is 1.69. The number of rotatable bonds is 5. The van der Waals surface area contributed by atoms with Crippen molar-refractivity contribution in [2.45, 2.75) is 31.5 Å². The molecule has 0 aliphatic carbocycles. The van der Waals surface area contributed by atoms with Crippen molar-refractivity contribution in [3.63, 3.8) is 0 Å². The van der Waals surface area contributed by atoms with Crippen LogP contribution in [0.5, 0.6) is 0 Å². The molecular weight excluding hydrogens is 346 g/mol. The Bertz CT molecular complexity index is 817. The van der Waals surface area contributed by atoms with Crippen LogP contribution in [0.3, 0.4) is 0 Å². The van der Waals surface area contributed by atoms with E-state index in [-0.39, 0.29) is 18.0 Å². The van der Waals surface area contributed by atoms with Crippen molar-refractivity contribution >= 4 is 17.6 Å². The average molecular weight is 367 g/mol. The largest absolute Gasteiger partial charge is 0.345 e. The quantitative estimate of drug-likeness (QED) is 0.493. The summed E-state index contributed by atoms with van der Waals surface area (Å²) < 4.78 is 0. The van der Waals surface area contributed by atoms with Gasteiger partial charge in [0.05, 0.1) is 17.9 Å². The molecule has 3 heterocycles. The molecule has 4 rings (SSSR count). The number of carbonyl (C=O) groups excluding carboxylic acids is 2. The molecule has 0 spiro atoms. The lowest BCUT2D eigenvalue weighted by Gasteiger charge is -2.31. The lowest BCUT2D eigenvalue weighted by atomic mass is 10.00. The van der Waals surface area contributed by atoms with Gasteiger partial charge in [-0.3, -0.25) is 14.6 Å². The average Bonchev–Trinajstić information content (AvgIpc) is 2.97. The summed E-state index contributed by atoms with van der Waals surface area (Å²) in [5.74, 6) is 5.66. The van der Waals surface area contributed by atoms with E-state index in [2.05, 4.69) is 4.98 Å². The second-order valence-corrected chi connectivity index (χ2v) is 6.69. The summed E-state index contributed by atoms with van der Waals surface area (Å²) in [7, 11) is 0. The van der Waals surface area contributed by atoms with Gasteiger partial charge in [-0.2, -0.15) is 5.06 Å². The standard InChI is InChI=1S/C19H21N5O3/c20-23(15-7-4-10-21-11-15)18(25)17-9-8-16-12-22(17)19(26)24(16)27-13-14-5-2-1-3-6-14/h1-7,10-11,16-17H,8-9,12-13,20H2/t16-,17+/m1/s1. The van der Waals surface area contributed by atoms with Crippen molar-refractivity contribution in [1.82, 2.24) is 14.9 Å². The molecule has 1 aromatic carbocycles. The van der Waals surface area contributed by atoms with E-state index >= 15 is 0 Å². The van der Waals surface area contributed by atoms with Gasteiger partial charge in [0.2, 0.25) is 0 Å². The van der Waals surface area contributed by atoms with E-state index < -0.39 is 6.04 Å². The Balaban J connectivity index is 1.44. The highest BCUT2D eigenvalue weighted by molar-refractivity contribution is 5.98. The summed E-state index contributed by atoms with van der Waals surface area (Å²) in [4.78, 5) is 36.9. The molecule has 2 atom stereocenters. The Hall–Kier alpha value is -2.97. The first kappa shape index (κ1) is 17.4. The Morgan fingerprint density at radius 2 is 2.04 bits per heavy atom. The Labute approximate surface area is 157 Å². The first-order chi connectivity index (χ1) is 13.1. The summed E-state index contributed by atoms with van der Waals surface area (Å²) in [5, 5.41) is 2.48. The van der Waals surface area contributed by atoms with Crippen LogP contribution < -0.4 is 10.9 Å². The number of urea groups is 1. The highest BCUT2D eigenvalue weighted by Crippen LogP contribution is 2.31. The Morgan fingerprint density at radius 3 is 2.78 bits per heavy atom. The molecular formula is C19H21N5O3. The van der Waals surface area contributed by atoms with Crippen LogP contribution in [0.25, 0.3) is 0 Å². The zero-order valence-electron chi connectivity index (χ0n) is 14.8. The van der Waals surface area contributed by atoms with E-state index in [9.17, 15) is 9.59 Å². The molecule has 140 valence electrons. The van der Waals surface area contributed by atoms with Crippen molar-refractivity contribution in [3.8, 4) is 0 Å². The first-order valence-electron chi connectivity index (χ1n) is 8.90. The molecule has 0 radical (unpaired) electrons. The van der Waals surface area contributed by atoms with Gasteiger partial charge in [0, 0.05) is 12.7 Å². The summed E-state index contributed by atoms with van der Waals surface area (Å²) in [6.45, 7) is 0.777. The molecule has 8 heteroatoms. The number of hydrogen-bond donors (Lipinski definition) is 1. The van der Waals surface area contributed by atoms with Crippen LogP contribution >= 0.6 is 0 Å². The number of fused-ring (bicyclic) bond motifs is 2. The van der Waals surface area contributed by atoms with Crippen molar-refractivity contribution in [3.05, 3.63) is 60.4 Å². The second-order valence-electron chi connectivity index (χ2n) is 6.69. The third-order valence-corrected chi connectivity index (χ3v) is 4.98. The van der Waals surface area contributed by atoms with Gasteiger partial charge in [-0.05, 0) is 30.5 Å². The van der Waals surface area contributed by atoms with Crippen LogP contribution in [0, 0.1) is 0 Å². The first-order valence-corrected chi connectivity index (χ1v) is 8.90. The normalized spacial score (nSPS) is 21.4. The van der Waals surface area contributed by atoms with Gasteiger partial charge in [-0.1, -0.05) is 30.3 Å². The van der Waals surface area contributed by atoms with Crippen molar-refractivity contribution < 1.29 is 14.4 Å². The minimum atomic E-state index is -0.593. The molecule has 2 N–H and O–H groups in total. The SMILES string of the molecule is NN(C(=O)[C@@H]1CC[C@@H]2CN1C(=O)N2OCc1ccccc1)c1cccnc1. The molecule has 2 aliphatic heterocycles. The van der Waals surface area contributed by atoms with Crippen LogP contribution in [0.1, 0.15) is 18.4 Å². The maximum absolute atomic E-state index is 12.8. The lowest BCUT2D eigenvalue weighted by molar-refractivity contribution is -0.140. The third kappa shape index (κ3) is 3.36. The van der Waals surface area contributed by atoms with Crippen LogP contribution in [-0.4, -0.2) is 45.5 Å². The number of anilines is 1. The highest BCUT2D eigenvalue weighted by atomic mass is 16.7. The van der Waals surface area contributed by atoms with E-state index in [4.69, 9.17) is 10.7 Å². The third-order valence-electron chi connectivity index (χ3n) is 4.98. The molecule has 1 aromatic heterocycles. The fourth-order valence-corrected chi connectivity index (χ4v) is 3.56. The molecule has 27 heavy (non-hydrogen) atoms. The number of hydrazine groups is 1. The van der Waals surface area contributed by atoms with Crippen LogP contribution in [-0.2, 0) is 16.2 Å². The Kier molecular flexibility index (Phi) is 4.74. The summed E-state index contributed by atoms with van der Waals surface area (Å²) in [6.07, 6.45) is 4.37.